The third kappa shape index (κ3) is 18.6. The van der Waals surface area contributed by atoms with Crippen LogP contribution in [0.2, 0.25) is 0 Å². The molecule has 27 heavy (non-hydrogen) atoms. The van der Waals surface area contributed by atoms with Crippen molar-refractivity contribution in [3.05, 3.63) is 0 Å². The Morgan fingerprint density at radius 3 is 2.15 bits per heavy atom. The Hall–Kier alpha value is -0.480. The predicted molar refractivity (Wildman–Crippen MR) is 119 cm³/mol. The van der Waals surface area contributed by atoms with Gasteiger partial charge in [-0.2, -0.15) is 0 Å². The Bertz CT molecular complexity index is 359. The van der Waals surface area contributed by atoms with Crippen LogP contribution in [-0.4, -0.2) is 67.9 Å². The lowest BCUT2D eigenvalue weighted by atomic mass is 9.87. The van der Waals surface area contributed by atoms with E-state index in [4.69, 9.17) is 10.5 Å². The van der Waals surface area contributed by atoms with Gasteiger partial charge in [-0.05, 0) is 0 Å². The van der Waals surface area contributed by atoms with Gasteiger partial charge in [0.2, 0.25) is 11.8 Å². The van der Waals surface area contributed by atoms with E-state index in [1.807, 2.05) is 27.7 Å². The Balaban J connectivity index is -0.00000134. The molecule has 0 saturated carbocycles. The summed E-state index contributed by atoms with van der Waals surface area (Å²) in [6, 6.07) is 0. The van der Waals surface area contributed by atoms with Crippen LogP contribution in [0.4, 0.5) is 0 Å². The molecular weight excluding hydrogens is 386 g/mol. The Morgan fingerprint density at radius 2 is 1.63 bits per heavy atom. The maximum Gasteiger partial charge on any atom is 0.249 e. The van der Waals surface area contributed by atoms with Crippen LogP contribution in [-0.2, 0) is 14.3 Å². The molecule has 7 nitrogen and oxygen atoms in total. The largest absolute Gasteiger partial charge is 0.384 e. The van der Waals surface area contributed by atoms with Crippen LogP contribution in [0.1, 0.15) is 48.0 Å². The molecule has 0 rings (SSSR count). The zero-order valence-corrected chi connectivity index (χ0v) is 19.7. The van der Waals surface area contributed by atoms with Crippen LogP contribution in [0.3, 0.4) is 0 Å². The molecule has 0 heterocycles. The maximum atomic E-state index is 11.8. The quantitative estimate of drug-likeness (QED) is 0.263. The summed E-state index contributed by atoms with van der Waals surface area (Å²) in [5.41, 5.74) is 4.69. The van der Waals surface area contributed by atoms with Gasteiger partial charge in [-0.15, -0.1) is 0 Å². The average Bonchev–Trinajstić information content (AvgIpc) is 2.67. The first kappa shape index (κ1) is 31.2. The van der Waals surface area contributed by atoms with Crippen molar-refractivity contribution in [3.8, 4) is 0 Å². The molecule has 0 spiro atoms. The molecule has 0 unspecified atom stereocenters. The van der Waals surface area contributed by atoms with E-state index in [1.165, 1.54) is 7.11 Å². The summed E-state index contributed by atoms with van der Waals surface area (Å²) in [5.74, 6) is 1.09. The average molecular weight is 428 g/mol. The van der Waals surface area contributed by atoms with Gasteiger partial charge in [0, 0.05) is 50.1 Å². The van der Waals surface area contributed by atoms with Gasteiger partial charge < -0.3 is 26.2 Å². The van der Waals surface area contributed by atoms with Crippen molar-refractivity contribution in [2.24, 2.45) is 11.1 Å². The van der Waals surface area contributed by atoms with Gasteiger partial charge in [0.15, 0.2) is 0 Å². The number of carbonyl (C=O) groups excluding carboxylic acids is 2. The molecule has 0 fully saturated rings. The summed E-state index contributed by atoms with van der Waals surface area (Å²) >= 11 is 0. The Morgan fingerprint density at radius 1 is 1.07 bits per heavy atom. The molecule has 0 aromatic carbocycles. The molecule has 0 bridgehead atoms. The van der Waals surface area contributed by atoms with E-state index in [2.05, 4.69) is 10.6 Å². The van der Waals surface area contributed by atoms with Crippen molar-refractivity contribution in [1.29, 1.82) is 0 Å². The van der Waals surface area contributed by atoms with E-state index in [0.717, 1.165) is 11.5 Å². The second-order valence-corrected chi connectivity index (χ2v) is 8.35. The van der Waals surface area contributed by atoms with Crippen LogP contribution in [0.5, 0.6) is 0 Å². The summed E-state index contributed by atoms with van der Waals surface area (Å²) < 4.78 is 4.99. The molecule has 164 valence electrons. The molecule has 0 saturated heterocycles. The Labute approximate surface area is 173 Å². The predicted octanol–water partition coefficient (Wildman–Crippen LogP) is 2.03. The molecule has 9 heteroatoms. The number of amides is 2. The van der Waals surface area contributed by atoms with Crippen molar-refractivity contribution >= 4 is 33.4 Å². The summed E-state index contributed by atoms with van der Waals surface area (Å²) in [5, 5.41) is 15.3. The van der Waals surface area contributed by atoms with Crippen molar-refractivity contribution in [3.63, 3.8) is 0 Å². The number of hydrogen-bond donors (Lipinski definition) is 4. The first-order valence-corrected chi connectivity index (χ1v) is 12.0. The van der Waals surface area contributed by atoms with Crippen LogP contribution in [0, 0.1) is 5.41 Å². The van der Waals surface area contributed by atoms with Crippen LogP contribution < -0.4 is 16.4 Å². The zero-order valence-electron chi connectivity index (χ0n) is 18.1. The first-order chi connectivity index (χ1) is 12.8. The highest BCUT2D eigenvalue weighted by Crippen LogP contribution is 2.21. The smallest absolute Gasteiger partial charge is 0.249 e. The molecule has 0 aliphatic heterocycles. The normalized spacial score (nSPS) is 11.3. The van der Waals surface area contributed by atoms with Crippen molar-refractivity contribution in [2.45, 2.75) is 54.1 Å². The van der Waals surface area contributed by atoms with Gasteiger partial charge in [0.1, 0.15) is 6.10 Å². The topological polar surface area (TPSA) is 114 Å². The molecule has 0 aromatic rings. The van der Waals surface area contributed by atoms with Gasteiger partial charge >= 0.3 is 0 Å². The van der Waals surface area contributed by atoms with E-state index in [1.54, 1.807) is 35.4 Å². The monoisotopic (exact) mass is 427 g/mol. The zero-order chi connectivity index (χ0) is 21.7. The van der Waals surface area contributed by atoms with E-state index >= 15 is 0 Å². The van der Waals surface area contributed by atoms with E-state index in [0.29, 0.717) is 13.1 Å². The summed E-state index contributed by atoms with van der Waals surface area (Å²) in [6.07, 6.45) is -0.995. The highest BCUT2D eigenvalue weighted by Gasteiger charge is 2.33. The van der Waals surface area contributed by atoms with Gasteiger partial charge in [-0.3, -0.25) is 9.59 Å². The SMILES string of the molecule is CC.CC.COCC(C)(C)[C@@H](O)C(=O)NCCC(=O)NCCSSCCN. The summed E-state index contributed by atoms with van der Waals surface area (Å²) in [7, 11) is 4.87. The fourth-order valence-electron chi connectivity index (χ4n) is 1.69. The highest BCUT2D eigenvalue weighted by atomic mass is 33.1. The maximum absolute atomic E-state index is 11.8. The molecule has 0 aromatic heterocycles. The number of methoxy groups -OCH3 is 1. The number of rotatable bonds is 13. The van der Waals surface area contributed by atoms with Gasteiger partial charge in [0.05, 0.1) is 6.61 Å². The van der Waals surface area contributed by atoms with Crippen LogP contribution >= 0.6 is 21.6 Å². The minimum absolute atomic E-state index is 0.125. The molecular formula is C18H41N3O4S2. The second kappa shape index (κ2) is 21.8. The Kier molecular flexibility index (Phi) is 25.2. The fourth-order valence-corrected chi connectivity index (χ4v) is 3.45. The highest BCUT2D eigenvalue weighted by molar-refractivity contribution is 8.76. The van der Waals surface area contributed by atoms with Crippen molar-refractivity contribution < 1.29 is 19.4 Å². The lowest BCUT2D eigenvalue weighted by Gasteiger charge is -2.28. The lowest BCUT2D eigenvalue weighted by Crippen LogP contribution is -2.46. The number of ether oxygens (including phenoxy) is 1. The van der Waals surface area contributed by atoms with Crippen LogP contribution in [0.25, 0.3) is 0 Å². The summed E-state index contributed by atoms with van der Waals surface area (Å²) in [6.45, 7) is 13.2. The van der Waals surface area contributed by atoms with Crippen LogP contribution in [0.15, 0.2) is 0 Å². The molecule has 2 amide bonds. The van der Waals surface area contributed by atoms with Gasteiger partial charge in [0.25, 0.3) is 0 Å². The van der Waals surface area contributed by atoms with Gasteiger partial charge in [-0.1, -0.05) is 63.1 Å². The minimum atomic E-state index is -1.18. The summed E-state index contributed by atoms with van der Waals surface area (Å²) in [4.78, 5) is 23.4. The van der Waals surface area contributed by atoms with E-state index < -0.39 is 17.4 Å². The number of aliphatic hydroxyl groups is 1. The number of hydrogen-bond acceptors (Lipinski definition) is 7. The van der Waals surface area contributed by atoms with Crippen molar-refractivity contribution in [2.75, 3.05) is 44.9 Å². The first-order valence-electron chi connectivity index (χ1n) is 9.51. The number of nitrogens with one attached hydrogen (secondary N) is 2. The molecule has 0 aliphatic carbocycles. The third-order valence-corrected chi connectivity index (χ3v) is 5.39. The number of nitrogens with two attached hydrogens (primary N) is 1. The van der Waals surface area contributed by atoms with E-state index in [-0.39, 0.29) is 25.5 Å². The molecule has 1 atom stereocenters. The third-order valence-electron chi connectivity index (χ3n) is 2.95. The number of aliphatic hydroxyl groups excluding tert-OH is 1. The molecule has 0 aliphatic rings. The van der Waals surface area contributed by atoms with Crippen molar-refractivity contribution in [1.82, 2.24) is 10.6 Å². The standard InChI is InChI=1S/C14H29N3O4S2.2C2H6/c1-14(2,10-21-3)12(19)13(20)17-6-4-11(18)16-7-9-23-22-8-5-15;2*1-2/h12,19H,4-10,15H2,1-3H3,(H,16,18)(H,17,20);2*1-2H3/t12-;;/m0../s1. The molecule has 5 N–H and O–H groups in total. The van der Waals surface area contributed by atoms with E-state index in [9.17, 15) is 14.7 Å². The second-order valence-electron chi connectivity index (χ2n) is 5.65. The fraction of sp³-hybridized carbons (Fsp3) is 0.889. The molecule has 0 radical (unpaired) electrons. The lowest BCUT2D eigenvalue weighted by molar-refractivity contribution is -0.137. The number of carbonyl (C=O) groups is 2. The van der Waals surface area contributed by atoms with Gasteiger partial charge in [-0.25, -0.2) is 0 Å². The minimum Gasteiger partial charge on any atom is -0.384 e.